The molecule has 7 N–H and O–H groups in total. The van der Waals surface area contributed by atoms with Gasteiger partial charge in [0.2, 0.25) is 5.96 Å². The van der Waals surface area contributed by atoms with Crippen LogP contribution in [0.4, 0.5) is 0 Å². The molecule has 7 heteroatoms. The van der Waals surface area contributed by atoms with E-state index in [-0.39, 0.29) is 11.9 Å². The summed E-state index contributed by atoms with van der Waals surface area (Å²) in [6, 6.07) is 0. The van der Waals surface area contributed by atoms with Gasteiger partial charge in [-0.05, 0) is 12.0 Å². The number of H-pyrrole nitrogens is 1. The monoisotopic (exact) mass is 195 g/mol. The minimum Gasteiger partial charge on any atom is -0.370 e. The third-order valence-electron chi connectivity index (χ3n) is 1.47. The molecule has 0 aromatic carbocycles. The zero-order chi connectivity index (χ0) is 10.4. The van der Waals surface area contributed by atoms with E-state index in [1.807, 2.05) is 0 Å². The van der Waals surface area contributed by atoms with Crippen molar-refractivity contribution >= 4 is 11.9 Å². The van der Waals surface area contributed by atoms with Crippen LogP contribution in [-0.4, -0.2) is 28.7 Å². The van der Waals surface area contributed by atoms with Crippen LogP contribution in [0.5, 0.6) is 0 Å². The molecule has 0 spiro atoms. The first-order valence-corrected chi connectivity index (χ1v) is 4.05. The molecule has 14 heavy (non-hydrogen) atoms. The smallest absolute Gasteiger partial charge is 0.218 e. The second-order valence-corrected chi connectivity index (χ2v) is 2.63. The number of hydrogen-bond acceptors (Lipinski definition) is 2. The van der Waals surface area contributed by atoms with E-state index in [4.69, 9.17) is 17.2 Å². The Bertz CT molecular complexity index is 320. The summed E-state index contributed by atoms with van der Waals surface area (Å²) in [6.45, 7) is 0.530. The van der Waals surface area contributed by atoms with Crippen LogP contribution in [0.15, 0.2) is 22.4 Å². The maximum Gasteiger partial charge on any atom is 0.218 e. The molecule has 76 valence electrons. The highest BCUT2D eigenvalue weighted by Gasteiger charge is 1.93. The standard InChI is InChI=1S/C7H13N7/c8-6(9)14-7(10)11-2-1-5-3-12-13-4-5/h3-4H,1-2H2,(H,12,13)(H6,8,9,10,11,14). The molecule has 0 unspecified atom stereocenters. The van der Waals surface area contributed by atoms with Crippen LogP contribution in [0, 0.1) is 0 Å². The fourth-order valence-corrected chi connectivity index (χ4v) is 0.882. The summed E-state index contributed by atoms with van der Waals surface area (Å²) in [4.78, 5) is 7.52. The molecule has 0 amide bonds. The number of nitrogens with zero attached hydrogens (tertiary/aromatic N) is 3. The highest BCUT2D eigenvalue weighted by Crippen LogP contribution is 1.94. The first-order valence-electron chi connectivity index (χ1n) is 4.05. The van der Waals surface area contributed by atoms with Gasteiger partial charge in [-0.15, -0.1) is 0 Å². The molecule has 7 nitrogen and oxygen atoms in total. The molecular weight excluding hydrogens is 182 g/mol. The molecule has 0 atom stereocenters. The minimum atomic E-state index is -0.0884. The van der Waals surface area contributed by atoms with Gasteiger partial charge in [-0.1, -0.05) is 0 Å². The molecule has 1 aromatic rings. The van der Waals surface area contributed by atoms with E-state index in [0.29, 0.717) is 6.54 Å². The molecule has 1 aromatic heterocycles. The molecule has 0 bridgehead atoms. The van der Waals surface area contributed by atoms with E-state index in [2.05, 4.69) is 20.2 Å². The van der Waals surface area contributed by atoms with Crippen LogP contribution in [-0.2, 0) is 6.42 Å². The number of guanidine groups is 2. The van der Waals surface area contributed by atoms with E-state index in [1.165, 1.54) is 0 Å². The summed E-state index contributed by atoms with van der Waals surface area (Å²) in [6.07, 6.45) is 4.27. The van der Waals surface area contributed by atoms with Crippen molar-refractivity contribution in [3.63, 3.8) is 0 Å². The average molecular weight is 195 g/mol. The van der Waals surface area contributed by atoms with Crippen molar-refractivity contribution in [2.75, 3.05) is 6.54 Å². The lowest BCUT2D eigenvalue weighted by molar-refractivity contribution is 0.963. The van der Waals surface area contributed by atoms with Crippen molar-refractivity contribution in [2.45, 2.75) is 6.42 Å². The lowest BCUT2D eigenvalue weighted by Gasteiger charge is -1.94. The number of rotatable bonds is 3. The Kier molecular flexibility index (Phi) is 3.48. The Hall–Kier alpha value is -2.05. The fraction of sp³-hybridized carbons (Fsp3) is 0.286. The molecule has 0 aliphatic rings. The second-order valence-electron chi connectivity index (χ2n) is 2.63. The van der Waals surface area contributed by atoms with Crippen molar-refractivity contribution in [2.24, 2.45) is 27.2 Å². The van der Waals surface area contributed by atoms with Crippen LogP contribution in [0.2, 0.25) is 0 Å². The summed E-state index contributed by atoms with van der Waals surface area (Å²) >= 11 is 0. The van der Waals surface area contributed by atoms with Gasteiger partial charge in [-0.2, -0.15) is 10.1 Å². The van der Waals surface area contributed by atoms with Gasteiger partial charge in [0, 0.05) is 12.7 Å². The zero-order valence-electron chi connectivity index (χ0n) is 7.64. The van der Waals surface area contributed by atoms with Crippen molar-refractivity contribution in [1.82, 2.24) is 10.2 Å². The first-order chi connectivity index (χ1) is 6.68. The van der Waals surface area contributed by atoms with E-state index >= 15 is 0 Å². The fourth-order valence-electron chi connectivity index (χ4n) is 0.882. The second kappa shape index (κ2) is 4.85. The predicted octanol–water partition coefficient (Wildman–Crippen LogP) is -1.46. The Labute approximate surface area is 81.1 Å². The zero-order valence-corrected chi connectivity index (χ0v) is 7.64. The van der Waals surface area contributed by atoms with E-state index in [9.17, 15) is 0 Å². The van der Waals surface area contributed by atoms with Crippen LogP contribution in [0.1, 0.15) is 5.56 Å². The number of aromatic amines is 1. The molecule has 0 aliphatic heterocycles. The largest absolute Gasteiger partial charge is 0.370 e. The quantitative estimate of drug-likeness (QED) is 0.346. The number of nitrogens with two attached hydrogens (primary N) is 3. The Morgan fingerprint density at radius 2 is 2.21 bits per heavy atom. The Balaban J connectivity index is 2.37. The Morgan fingerprint density at radius 3 is 2.79 bits per heavy atom. The highest BCUT2D eigenvalue weighted by atomic mass is 15.1. The van der Waals surface area contributed by atoms with Crippen molar-refractivity contribution < 1.29 is 0 Å². The van der Waals surface area contributed by atoms with Gasteiger partial charge >= 0.3 is 0 Å². The van der Waals surface area contributed by atoms with E-state index < -0.39 is 0 Å². The lowest BCUT2D eigenvalue weighted by atomic mass is 10.3. The Morgan fingerprint density at radius 1 is 1.43 bits per heavy atom. The maximum absolute atomic E-state index is 5.39. The van der Waals surface area contributed by atoms with Gasteiger partial charge < -0.3 is 17.2 Å². The van der Waals surface area contributed by atoms with Crippen molar-refractivity contribution in [3.8, 4) is 0 Å². The highest BCUT2D eigenvalue weighted by molar-refractivity contribution is 5.92. The van der Waals surface area contributed by atoms with E-state index in [0.717, 1.165) is 12.0 Å². The van der Waals surface area contributed by atoms with Crippen molar-refractivity contribution in [1.29, 1.82) is 0 Å². The topological polar surface area (TPSA) is 131 Å². The molecule has 0 saturated heterocycles. The maximum atomic E-state index is 5.39. The minimum absolute atomic E-state index is 0.0884. The average Bonchev–Trinajstić information content (AvgIpc) is 2.55. The van der Waals surface area contributed by atoms with E-state index in [1.54, 1.807) is 12.4 Å². The molecule has 0 saturated carbocycles. The summed E-state index contributed by atoms with van der Waals surface area (Å²) in [5.41, 5.74) is 16.7. The number of aromatic nitrogens is 2. The normalized spacial score (nSPS) is 11.3. The number of nitrogens with one attached hydrogen (secondary N) is 1. The first kappa shape index (κ1) is 10.0. The van der Waals surface area contributed by atoms with Gasteiger partial charge in [0.25, 0.3) is 0 Å². The van der Waals surface area contributed by atoms with Gasteiger partial charge in [-0.25, -0.2) is 0 Å². The van der Waals surface area contributed by atoms with Gasteiger partial charge in [0.1, 0.15) is 0 Å². The SMILES string of the molecule is NC(N)=NC(N)=NCCc1cn[nH]c1. The van der Waals surface area contributed by atoms with Crippen LogP contribution < -0.4 is 17.2 Å². The van der Waals surface area contributed by atoms with Gasteiger partial charge in [0.05, 0.1) is 6.20 Å². The molecule has 0 radical (unpaired) electrons. The van der Waals surface area contributed by atoms with Crippen LogP contribution in [0.25, 0.3) is 0 Å². The van der Waals surface area contributed by atoms with Crippen LogP contribution in [0.3, 0.4) is 0 Å². The molecule has 1 rings (SSSR count). The third-order valence-corrected chi connectivity index (χ3v) is 1.47. The van der Waals surface area contributed by atoms with Crippen LogP contribution >= 0.6 is 0 Å². The van der Waals surface area contributed by atoms with Gasteiger partial charge in [-0.3, -0.25) is 10.1 Å². The number of hydrogen-bond donors (Lipinski definition) is 4. The third kappa shape index (κ3) is 3.57. The summed E-state index contributed by atoms with van der Waals surface area (Å²) in [7, 11) is 0. The van der Waals surface area contributed by atoms with Crippen molar-refractivity contribution in [3.05, 3.63) is 18.0 Å². The molecule has 0 fully saturated rings. The van der Waals surface area contributed by atoms with Gasteiger partial charge in [0.15, 0.2) is 5.96 Å². The number of aliphatic imine (C=N–C) groups is 2. The lowest BCUT2D eigenvalue weighted by Crippen LogP contribution is -2.26. The summed E-state index contributed by atoms with van der Waals surface area (Å²) < 4.78 is 0. The molecule has 1 heterocycles. The summed E-state index contributed by atoms with van der Waals surface area (Å²) in [5.74, 6) is 0.00283. The summed E-state index contributed by atoms with van der Waals surface area (Å²) in [5, 5.41) is 6.50. The molecule has 0 aliphatic carbocycles. The predicted molar refractivity (Wildman–Crippen MR) is 54.6 cm³/mol. The molecular formula is C7H13N7.